The minimum atomic E-state index is -0.494. The molecule has 64 valence electrons. The number of allylic oxidation sites excluding steroid dienone is 2. The van der Waals surface area contributed by atoms with E-state index in [1.807, 2.05) is 0 Å². The van der Waals surface area contributed by atoms with Crippen molar-refractivity contribution >= 4 is 5.97 Å². The number of rotatable bonds is 0. The zero-order valence-electron chi connectivity index (χ0n) is 6.66. The van der Waals surface area contributed by atoms with E-state index in [4.69, 9.17) is 9.47 Å². The Morgan fingerprint density at radius 1 is 1.42 bits per heavy atom. The summed E-state index contributed by atoms with van der Waals surface area (Å²) in [7, 11) is 0. The van der Waals surface area contributed by atoms with E-state index in [-0.39, 0.29) is 17.8 Å². The fourth-order valence-electron chi connectivity index (χ4n) is 2.23. The Morgan fingerprint density at radius 3 is 2.92 bits per heavy atom. The van der Waals surface area contributed by atoms with Crippen molar-refractivity contribution in [2.75, 3.05) is 6.61 Å². The van der Waals surface area contributed by atoms with Gasteiger partial charge < -0.3 is 9.47 Å². The lowest BCUT2D eigenvalue weighted by Crippen LogP contribution is -2.24. The van der Waals surface area contributed by atoms with Crippen LogP contribution < -0.4 is 0 Å². The molecule has 0 saturated carbocycles. The highest BCUT2D eigenvalue weighted by atomic mass is 16.8. The number of hydrogen-bond acceptors (Lipinski definition) is 3. The van der Waals surface area contributed by atoms with E-state index in [0.29, 0.717) is 6.61 Å². The average Bonchev–Trinajstić information content (AvgIpc) is 2.79. The molecule has 2 fully saturated rings. The highest BCUT2D eigenvalue weighted by Crippen LogP contribution is 2.51. The van der Waals surface area contributed by atoms with Crippen LogP contribution in [0.1, 0.15) is 12.8 Å². The average molecular weight is 166 g/mol. The standard InChI is InChI=1S/C9H10O3/c10-8-6-3-1-2-4-7(6)9(12-8)5-11-9/h1-2,6-7H,3-5H2. The van der Waals surface area contributed by atoms with Crippen molar-refractivity contribution in [2.45, 2.75) is 18.6 Å². The number of fused-ring (bicyclic) bond motifs is 2. The predicted octanol–water partition coefficient (Wildman–Crippen LogP) is 0.852. The molecule has 3 aliphatic rings. The van der Waals surface area contributed by atoms with Gasteiger partial charge in [-0.2, -0.15) is 0 Å². The van der Waals surface area contributed by atoms with Crippen LogP contribution in [-0.4, -0.2) is 18.4 Å². The Morgan fingerprint density at radius 2 is 2.17 bits per heavy atom. The molecule has 0 aromatic rings. The number of hydrogen-bond donors (Lipinski definition) is 0. The molecule has 3 atom stereocenters. The first kappa shape index (κ1) is 6.66. The minimum absolute atomic E-state index is 0.0671. The van der Waals surface area contributed by atoms with Gasteiger partial charge in [-0.1, -0.05) is 12.2 Å². The molecule has 2 heterocycles. The Labute approximate surface area is 70.3 Å². The van der Waals surface area contributed by atoms with Gasteiger partial charge in [0.25, 0.3) is 0 Å². The summed E-state index contributed by atoms with van der Waals surface area (Å²) in [5.41, 5.74) is 0. The third-order valence-electron chi connectivity index (χ3n) is 3.00. The fraction of sp³-hybridized carbons (Fsp3) is 0.667. The number of epoxide rings is 1. The van der Waals surface area contributed by atoms with Crippen LogP contribution in [0.5, 0.6) is 0 Å². The van der Waals surface area contributed by atoms with E-state index < -0.39 is 5.79 Å². The second kappa shape index (κ2) is 1.91. The number of carbonyl (C=O) groups excluding carboxylic acids is 1. The Bertz CT molecular complexity index is 265. The summed E-state index contributed by atoms with van der Waals surface area (Å²) in [6.45, 7) is 0.605. The van der Waals surface area contributed by atoms with Crippen molar-refractivity contribution in [3.8, 4) is 0 Å². The molecule has 0 aromatic carbocycles. The molecule has 3 heteroatoms. The molecule has 12 heavy (non-hydrogen) atoms. The lowest BCUT2D eigenvalue weighted by molar-refractivity contribution is -0.150. The molecule has 2 aliphatic heterocycles. The van der Waals surface area contributed by atoms with Crippen molar-refractivity contribution in [3.05, 3.63) is 12.2 Å². The van der Waals surface area contributed by atoms with Crippen LogP contribution in [0.3, 0.4) is 0 Å². The number of carbonyl (C=O) groups is 1. The maximum atomic E-state index is 11.3. The lowest BCUT2D eigenvalue weighted by Gasteiger charge is -2.18. The molecule has 2 saturated heterocycles. The summed E-state index contributed by atoms with van der Waals surface area (Å²) < 4.78 is 10.4. The van der Waals surface area contributed by atoms with Gasteiger partial charge >= 0.3 is 5.97 Å². The molecule has 0 amide bonds. The van der Waals surface area contributed by atoms with Gasteiger partial charge in [-0.25, -0.2) is 0 Å². The Balaban J connectivity index is 1.97. The lowest BCUT2D eigenvalue weighted by atomic mass is 9.82. The van der Waals surface area contributed by atoms with Crippen LogP contribution in [0.2, 0.25) is 0 Å². The van der Waals surface area contributed by atoms with Crippen LogP contribution in [0.15, 0.2) is 12.2 Å². The van der Waals surface area contributed by atoms with Gasteiger partial charge in [0.1, 0.15) is 6.61 Å². The number of ether oxygens (including phenoxy) is 2. The maximum Gasteiger partial charge on any atom is 0.312 e. The largest absolute Gasteiger partial charge is 0.430 e. The molecular formula is C9H10O3. The zero-order chi connectivity index (χ0) is 8.18. The van der Waals surface area contributed by atoms with Gasteiger partial charge in [0, 0.05) is 5.92 Å². The summed E-state index contributed by atoms with van der Waals surface area (Å²) in [6.07, 6.45) is 5.93. The second-order valence-electron chi connectivity index (χ2n) is 3.68. The molecule has 0 N–H and O–H groups in total. The Hall–Kier alpha value is -0.830. The molecule has 0 bridgehead atoms. The summed E-state index contributed by atoms with van der Waals surface area (Å²) in [6, 6.07) is 0. The first-order valence-electron chi connectivity index (χ1n) is 4.34. The molecule has 0 radical (unpaired) electrons. The van der Waals surface area contributed by atoms with E-state index in [2.05, 4.69) is 12.2 Å². The number of esters is 1. The summed E-state index contributed by atoms with van der Waals surface area (Å²) in [5.74, 6) is -0.207. The molecule has 1 spiro atoms. The Kier molecular flexibility index (Phi) is 1.06. The van der Waals surface area contributed by atoms with Crippen molar-refractivity contribution in [3.63, 3.8) is 0 Å². The van der Waals surface area contributed by atoms with Crippen molar-refractivity contribution in [2.24, 2.45) is 11.8 Å². The topological polar surface area (TPSA) is 38.8 Å². The van der Waals surface area contributed by atoms with Crippen LogP contribution in [0.4, 0.5) is 0 Å². The van der Waals surface area contributed by atoms with Crippen molar-refractivity contribution in [1.82, 2.24) is 0 Å². The normalized spacial score (nSPS) is 49.2. The van der Waals surface area contributed by atoms with Crippen LogP contribution in [0.25, 0.3) is 0 Å². The molecule has 3 unspecified atom stereocenters. The quantitative estimate of drug-likeness (QED) is 0.304. The van der Waals surface area contributed by atoms with Crippen LogP contribution >= 0.6 is 0 Å². The first-order valence-corrected chi connectivity index (χ1v) is 4.34. The maximum absolute atomic E-state index is 11.3. The van der Waals surface area contributed by atoms with E-state index in [0.717, 1.165) is 12.8 Å². The SMILES string of the molecule is O=C1OC2(CO2)C2CC=CCC12. The smallest absolute Gasteiger partial charge is 0.312 e. The monoisotopic (exact) mass is 166 g/mol. The van der Waals surface area contributed by atoms with Gasteiger partial charge in [-0.3, -0.25) is 4.79 Å². The first-order chi connectivity index (χ1) is 5.82. The summed E-state index contributed by atoms with van der Waals surface area (Å²) >= 11 is 0. The van der Waals surface area contributed by atoms with Gasteiger partial charge in [-0.05, 0) is 12.8 Å². The minimum Gasteiger partial charge on any atom is -0.430 e. The van der Waals surface area contributed by atoms with Crippen LogP contribution in [-0.2, 0) is 14.3 Å². The summed E-state index contributed by atoms with van der Waals surface area (Å²) in [5, 5.41) is 0. The molecule has 0 aromatic heterocycles. The summed E-state index contributed by atoms with van der Waals surface area (Å²) in [4.78, 5) is 11.3. The van der Waals surface area contributed by atoms with E-state index in [1.165, 1.54) is 0 Å². The van der Waals surface area contributed by atoms with E-state index in [9.17, 15) is 4.79 Å². The van der Waals surface area contributed by atoms with E-state index in [1.54, 1.807) is 0 Å². The predicted molar refractivity (Wildman–Crippen MR) is 40.1 cm³/mol. The van der Waals surface area contributed by atoms with Gasteiger partial charge in [0.05, 0.1) is 5.92 Å². The highest BCUT2D eigenvalue weighted by molar-refractivity contribution is 5.76. The van der Waals surface area contributed by atoms with Gasteiger partial charge in [-0.15, -0.1) is 0 Å². The van der Waals surface area contributed by atoms with Crippen molar-refractivity contribution < 1.29 is 14.3 Å². The molecule has 3 nitrogen and oxygen atoms in total. The third-order valence-corrected chi connectivity index (χ3v) is 3.00. The molecule has 1 aliphatic carbocycles. The van der Waals surface area contributed by atoms with E-state index >= 15 is 0 Å². The molecular weight excluding hydrogens is 156 g/mol. The molecule has 3 rings (SSSR count). The zero-order valence-corrected chi connectivity index (χ0v) is 6.66. The van der Waals surface area contributed by atoms with Crippen LogP contribution in [0, 0.1) is 11.8 Å². The van der Waals surface area contributed by atoms with Crippen molar-refractivity contribution in [1.29, 1.82) is 0 Å². The highest BCUT2D eigenvalue weighted by Gasteiger charge is 2.64. The third kappa shape index (κ3) is 0.672. The second-order valence-corrected chi connectivity index (χ2v) is 3.68. The fourth-order valence-corrected chi connectivity index (χ4v) is 2.23. The van der Waals surface area contributed by atoms with Gasteiger partial charge in [0.15, 0.2) is 0 Å². The van der Waals surface area contributed by atoms with Gasteiger partial charge in [0.2, 0.25) is 5.79 Å².